The van der Waals surface area contributed by atoms with E-state index in [2.05, 4.69) is 13.8 Å². The highest BCUT2D eigenvalue weighted by molar-refractivity contribution is 4.51. The van der Waals surface area contributed by atoms with Gasteiger partial charge < -0.3 is 18.9 Å². The first-order valence-electron chi connectivity index (χ1n) is 5.41. The minimum Gasteiger partial charge on any atom is -0.382 e. The Morgan fingerprint density at radius 2 is 1.27 bits per heavy atom. The van der Waals surface area contributed by atoms with Gasteiger partial charge in [-0.15, -0.1) is 0 Å². The van der Waals surface area contributed by atoms with Gasteiger partial charge in [-0.2, -0.15) is 0 Å². The predicted octanol–water partition coefficient (Wildman–Crippen LogP) is 1.68. The molecule has 0 aliphatic rings. The van der Waals surface area contributed by atoms with Crippen LogP contribution in [0, 0.1) is 5.92 Å². The van der Waals surface area contributed by atoms with Crippen LogP contribution < -0.4 is 0 Å². The molecule has 0 aromatic heterocycles. The van der Waals surface area contributed by atoms with E-state index in [-0.39, 0.29) is 6.29 Å². The van der Waals surface area contributed by atoms with Crippen molar-refractivity contribution in [1.82, 2.24) is 0 Å². The molecule has 0 amide bonds. The fourth-order valence-electron chi connectivity index (χ4n) is 1.09. The van der Waals surface area contributed by atoms with Crippen LogP contribution in [0.3, 0.4) is 0 Å². The molecule has 0 aromatic rings. The third kappa shape index (κ3) is 10.1. The highest BCUT2D eigenvalue weighted by Crippen LogP contribution is 2.09. The van der Waals surface area contributed by atoms with Crippen molar-refractivity contribution in [2.24, 2.45) is 5.92 Å². The summed E-state index contributed by atoms with van der Waals surface area (Å²) in [6.07, 6.45) is 0.753. The summed E-state index contributed by atoms with van der Waals surface area (Å²) >= 11 is 0. The highest BCUT2D eigenvalue weighted by Gasteiger charge is 2.11. The maximum Gasteiger partial charge on any atom is 0.158 e. The van der Waals surface area contributed by atoms with Crippen molar-refractivity contribution in [3.63, 3.8) is 0 Å². The van der Waals surface area contributed by atoms with Crippen molar-refractivity contribution in [3.05, 3.63) is 0 Å². The zero-order valence-electron chi connectivity index (χ0n) is 10.3. The van der Waals surface area contributed by atoms with Gasteiger partial charge in [0, 0.05) is 20.6 Å². The van der Waals surface area contributed by atoms with Crippen LogP contribution in [0.2, 0.25) is 0 Å². The van der Waals surface area contributed by atoms with Gasteiger partial charge in [0.2, 0.25) is 0 Å². The molecule has 0 N–H and O–H groups in total. The molecule has 0 aromatic carbocycles. The molecule has 15 heavy (non-hydrogen) atoms. The van der Waals surface area contributed by atoms with Crippen LogP contribution in [-0.4, -0.2) is 46.9 Å². The van der Waals surface area contributed by atoms with Crippen LogP contribution in [0.5, 0.6) is 0 Å². The molecule has 0 spiro atoms. The first kappa shape index (κ1) is 14.8. The van der Waals surface area contributed by atoms with E-state index in [4.69, 9.17) is 18.9 Å². The van der Waals surface area contributed by atoms with Gasteiger partial charge >= 0.3 is 0 Å². The molecule has 0 bridgehead atoms. The molecule has 0 fully saturated rings. The Morgan fingerprint density at radius 1 is 0.800 bits per heavy atom. The van der Waals surface area contributed by atoms with Crippen molar-refractivity contribution in [3.8, 4) is 0 Å². The molecular weight excluding hydrogens is 196 g/mol. The van der Waals surface area contributed by atoms with Gasteiger partial charge in [-0.1, -0.05) is 13.8 Å². The van der Waals surface area contributed by atoms with Crippen LogP contribution in [0.1, 0.15) is 20.3 Å². The van der Waals surface area contributed by atoms with Crippen LogP contribution in [-0.2, 0) is 18.9 Å². The average Bonchev–Trinajstić information content (AvgIpc) is 2.17. The van der Waals surface area contributed by atoms with Crippen LogP contribution in [0.25, 0.3) is 0 Å². The summed E-state index contributed by atoms with van der Waals surface area (Å²) in [6.45, 7) is 6.63. The molecule has 0 heterocycles. The Balaban J connectivity index is 3.63. The van der Waals surface area contributed by atoms with Gasteiger partial charge in [-0.05, 0) is 5.92 Å². The van der Waals surface area contributed by atoms with Crippen molar-refractivity contribution in [2.75, 3.05) is 40.6 Å². The molecule has 92 valence electrons. The number of rotatable bonds is 10. The first-order valence-corrected chi connectivity index (χ1v) is 5.41. The molecule has 0 unspecified atom stereocenters. The van der Waals surface area contributed by atoms with Gasteiger partial charge in [0.25, 0.3) is 0 Å². The molecule has 4 heteroatoms. The van der Waals surface area contributed by atoms with Crippen molar-refractivity contribution in [2.45, 2.75) is 26.6 Å². The molecule has 0 radical (unpaired) electrons. The predicted molar refractivity (Wildman–Crippen MR) is 58.9 cm³/mol. The molecular formula is C11H24O4. The van der Waals surface area contributed by atoms with Gasteiger partial charge in [0.15, 0.2) is 6.29 Å². The highest BCUT2D eigenvalue weighted by atomic mass is 16.7. The average molecular weight is 220 g/mol. The second-order valence-electron chi connectivity index (χ2n) is 3.79. The minimum atomic E-state index is -0.143. The first-order chi connectivity index (χ1) is 7.20. The molecule has 0 atom stereocenters. The normalized spacial score (nSPS) is 11.6. The second kappa shape index (κ2) is 10.4. The third-order valence-corrected chi connectivity index (χ3v) is 1.85. The molecule has 0 aliphatic carbocycles. The van der Waals surface area contributed by atoms with Gasteiger partial charge in [-0.3, -0.25) is 0 Å². The fraction of sp³-hybridized carbons (Fsp3) is 1.00. The lowest BCUT2D eigenvalue weighted by Gasteiger charge is -2.20. The van der Waals surface area contributed by atoms with Crippen molar-refractivity contribution in [1.29, 1.82) is 0 Å². The monoisotopic (exact) mass is 220 g/mol. The molecule has 0 aliphatic heterocycles. The molecule has 0 saturated heterocycles. The molecule has 0 saturated carbocycles. The SMILES string of the molecule is COCCOC(CC(C)C)OCCOC. The van der Waals surface area contributed by atoms with Crippen LogP contribution >= 0.6 is 0 Å². The zero-order chi connectivity index (χ0) is 11.5. The van der Waals surface area contributed by atoms with Crippen molar-refractivity contribution >= 4 is 0 Å². The van der Waals surface area contributed by atoms with E-state index < -0.39 is 0 Å². The lowest BCUT2D eigenvalue weighted by atomic mass is 10.1. The Kier molecular flexibility index (Phi) is 10.3. The third-order valence-electron chi connectivity index (χ3n) is 1.85. The van der Waals surface area contributed by atoms with E-state index in [0.717, 1.165) is 6.42 Å². The van der Waals surface area contributed by atoms with Crippen LogP contribution in [0.4, 0.5) is 0 Å². The quantitative estimate of drug-likeness (QED) is 0.414. The summed E-state index contributed by atoms with van der Waals surface area (Å²) in [7, 11) is 3.32. The maximum absolute atomic E-state index is 5.54. The van der Waals surface area contributed by atoms with E-state index >= 15 is 0 Å². The number of methoxy groups -OCH3 is 2. The summed E-state index contributed by atoms with van der Waals surface area (Å²) in [5.41, 5.74) is 0. The number of hydrogen-bond donors (Lipinski definition) is 0. The number of hydrogen-bond acceptors (Lipinski definition) is 4. The summed E-state index contributed by atoms with van der Waals surface area (Å²) in [4.78, 5) is 0. The van der Waals surface area contributed by atoms with E-state index in [0.29, 0.717) is 32.3 Å². The van der Waals surface area contributed by atoms with Crippen molar-refractivity contribution < 1.29 is 18.9 Å². The second-order valence-corrected chi connectivity index (χ2v) is 3.79. The Morgan fingerprint density at radius 3 is 1.60 bits per heavy atom. The van der Waals surface area contributed by atoms with E-state index in [9.17, 15) is 0 Å². The van der Waals surface area contributed by atoms with E-state index in [1.165, 1.54) is 0 Å². The largest absolute Gasteiger partial charge is 0.382 e. The van der Waals surface area contributed by atoms with E-state index in [1.54, 1.807) is 14.2 Å². The van der Waals surface area contributed by atoms with Gasteiger partial charge in [0.1, 0.15) is 0 Å². The Labute approximate surface area is 92.8 Å². The van der Waals surface area contributed by atoms with Gasteiger partial charge in [0.05, 0.1) is 26.4 Å². The van der Waals surface area contributed by atoms with Crippen LogP contribution in [0.15, 0.2) is 0 Å². The topological polar surface area (TPSA) is 36.9 Å². The Hall–Kier alpha value is -0.160. The van der Waals surface area contributed by atoms with Gasteiger partial charge in [-0.25, -0.2) is 0 Å². The summed E-state index contributed by atoms with van der Waals surface area (Å²) < 4.78 is 20.9. The summed E-state index contributed by atoms with van der Waals surface area (Å²) in [5, 5.41) is 0. The number of ether oxygens (including phenoxy) is 4. The maximum atomic E-state index is 5.54. The molecule has 0 rings (SSSR count). The summed E-state index contributed by atoms with van der Waals surface area (Å²) in [5.74, 6) is 0.556. The summed E-state index contributed by atoms with van der Waals surface area (Å²) in [6, 6.07) is 0. The smallest absolute Gasteiger partial charge is 0.158 e. The Bertz CT molecular complexity index is 118. The zero-order valence-corrected chi connectivity index (χ0v) is 10.3. The molecule has 4 nitrogen and oxygen atoms in total. The lowest BCUT2D eigenvalue weighted by molar-refractivity contribution is -0.162. The van der Waals surface area contributed by atoms with E-state index in [1.807, 2.05) is 0 Å². The minimum absolute atomic E-state index is 0.143. The fourth-order valence-corrected chi connectivity index (χ4v) is 1.09. The lowest BCUT2D eigenvalue weighted by Crippen LogP contribution is -2.23. The standard InChI is InChI=1S/C11H24O4/c1-10(2)9-11(14-7-5-12-3)15-8-6-13-4/h10-11H,5-9H2,1-4H3.